The monoisotopic (exact) mass is 259 g/mol. The Labute approximate surface area is 108 Å². The summed E-state index contributed by atoms with van der Waals surface area (Å²) in [4.78, 5) is 0. The first-order valence-electron chi connectivity index (χ1n) is 6.00. The van der Waals surface area contributed by atoms with Gasteiger partial charge in [-0.05, 0) is 26.3 Å². The number of aryl methyl sites for hydroxylation is 2. The maximum Gasteiger partial charge on any atom is 0.0849 e. The molecule has 1 atom stereocenters. The van der Waals surface area contributed by atoms with Crippen molar-refractivity contribution in [3.8, 4) is 0 Å². The molecule has 0 fully saturated rings. The Hall–Kier alpha value is -0.580. The lowest BCUT2D eigenvalue weighted by molar-refractivity contribution is 0.166. The maximum atomic E-state index is 6.30. The molecule has 0 aliphatic carbocycles. The lowest BCUT2D eigenvalue weighted by Gasteiger charge is -2.14. The molecule has 5 heteroatoms. The Morgan fingerprint density at radius 2 is 2.24 bits per heavy atom. The average molecular weight is 260 g/mol. The van der Waals surface area contributed by atoms with Gasteiger partial charge >= 0.3 is 0 Å². The predicted molar refractivity (Wildman–Crippen MR) is 70.6 cm³/mol. The maximum absolute atomic E-state index is 6.30. The van der Waals surface area contributed by atoms with Gasteiger partial charge in [-0.2, -0.15) is 5.10 Å². The number of aromatic nitrogens is 2. The Morgan fingerprint density at radius 3 is 2.71 bits per heavy atom. The number of rotatable bonds is 7. The average Bonchev–Trinajstić information content (AvgIpc) is 2.60. The van der Waals surface area contributed by atoms with Crippen LogP contribution >= 0.6 is 11.6 Å². The van der Waals surface area contributed by atoms with Crippen molar-refractivity contribution in [3.05, 3.63) is 16.4 Å². The third kappa shape index (κ3) is 3.69. The topological polar surface area (TPSA) is 39.1 Å². The van der Waals surface area contributed by atoms with Crippen molar-refractivity contribution in [1.29, 1.82) is 0 Å². The van der Waals surface area contributed by atoms with E-state index in [0.717, 1.165) is 35.7 Å². The second-order valence-corrected chi connectivity index (χ2v) is 4.54. The molecule has 1 N–H and O–H groups in total. The van der Waals surface area contributed by atoms with E-state index < -0.39 is 0 Å². The van der Waals surface area contributed by atoms with Crippen LogP contribution in [-0.2, 0) is 24.6 Å². The van der Waals surface area contributed by atoms with Crippen LogP contribution in [-0.4, -0.2) is 36.6 Å². The number of nitrogens with zero attached hydrogens (tertiary/aromatic N) is 2. The number of halogens is 1. The molecule has 0 aliphatic heterocycles. The van der Waals surface area contributed by atoms with Gasteiger partial charge in [0, 0.05) is 20.2 Å². The van der Waals surface area contributed by atoms with E-state index in [2.05, 4.69) is 17.3 Å². The number of nitrogens with one attached hydrogen (secondary N) is 1. The van der Waals surface area contributed by atoms with Gasteiger partial charge < -0.3 is 10.1 Å². The summed E-state index contributed by atoms with van der Waals surface area (Å²) in [5.41, 5.74) is 2.09. The highest BCUT2D eigenvalue weighted by atomic mass is 35.5. The van der Waals surface area contributed by atoms with E-state index >= 15 is 0 Å². The third-order valence-electron chi connectivity index (χ3n) is 3.01. The number of likely N-dealkylation sites (N-methyl/N-ethyl adjacent to an activating group) is 1. The van der Waals surface area contributed by atoms with Gasteiger partial charge in [0.25, 0.3) is 0 Å². The van der Waals surface area contributed by atoms with Crippen LogP contribution in [0.25, 0.3) is 0 Å². The van der Waals surface area contributed by atoms with E-state index in [1.54, 1.807) is 7.11 Å². The summed E-state index contributed by atoms with van der Waals surface area (Å²) in [6.07, 6.45) is 2.78. The summed E-state index contributed by atoms with van der Waals surface area (Å²) < 4.78 is 7.04. The molecule has 17 heavy (non-hydrogen) atoms. The first kappa shape index (κ1) is 14.5. The van der Waals surface area contributed by atoms with Crippen LogP contribution in [0.4, 0.5) is 0 Å². The van der Waals surface area contributed by atoms with Crippen LogP contribution in [0.5, 0.6) is 0 Å². The van der Waals surface area contributed by atoms with Crippen molar-refractivity contribution in [2.75, 3.05) is 20.8 Å². The zero-order chi connectivity index (χ0) is 12.8. The van der Waals surface area contributed by atoms with Gasteiger partial charge in [-0.15, -0.1) is 0 Å². The fraction of sp³-hybridized carbons (Fsp3) is 0.750. The van der Waals surface area contributed by atoms with E-state index in [1.165, 1.54) is 0 Å². The summed E-state index contributed by atoms with van der Waals surface area (Å²) in [6, 6.07) is 0.357. The van der Waals surface area contributed by atoms with Crippen molar-refractivity contribution in [1.82, 2.24) is 15.1 Å². The van der Waals surface area contributed by atoms with Crippen LogP contribution in [0.3, 0.4) is 0 Å². The lowest BCUT2D eigenvalue weighted by Crippen LogP contribution is -2.30. The zero-order valence-electron chi connectivity index (χ0n) is 11.1. The molecule has 0 saturated heterocycles. The molecule has 4 nitrogen and oxygen atoms in total. The highest BCUT2D eigenvalue weighted by molar-refractivity contribution is 6.31. The van der Waals surface area contributed by atoms with E-state index in [0.29, 0.717) is 12.6 Å². The summed E-state index contributed by atoms with van der Waals surface area (Å²) in [7, 11) is 5.62. The van der Waals surface area contributed by atoms with E-state index in [4.69, 9.17) is 16.3 Å². The van der Waals surface area contributed by atoms with Crippen LogP contribution in [0.15, 0.2) is 0 Å². The second-order valence-electron chi connectivity index (χ2n) is 4.16. The van der Waals surface area contributed by atoms with Gasteiger partial charge in [-0.3, -0.25) is 4.68 Å². The summed E-state index contributed by atoms with van der Waals surface area (Å²) in [5, 5.41) is 8.47. The van der Waals surface area contributed by atoms with Crippen LogP contribution in [0.2, 0.25) is 5.02 Å². The SMILES string of the molecule is CCc1nn(C)c(CCC(COC)NC)c1Cl. The first-order valence-corrected chi connectivity index (χ1v) is 6.38. The van der Waals surface area contributed by atoms with Gasteiger partial charge in [-0.25, -0.2) is 0 Å². The van der Waals surface area contributed by atoms with Gasteiger partial charge in [0.15, 0.2) is 0 Å². The number of ether oxygens (including phenoxy) is 1. The minimum absolute atomic E-state index is 0.357. The molecule has 0 spiro atoms. The first-order chi connectivity index (χ1) is 8.13. The molecule has 1 heterocycles. The normalized spacial score (nSPS) is 13.0. The molecule has 0 amide bonds. The molecule has 1 aromatic rings. The quantitative estimate of drug-likeness (QED) is 0.812. The summed E-state index contributed by atoms with van der Waals surface area (Å²) >= 11 is 6.30. The highest BCUT2D eigenvalue weighted by Gasteiger charge is 2.14. The van der Waals surface area contributed by atoms with Gasteiger partial charge in [0.05, 0.1) is 23.0 Å². The van der Waals surface area contributed by atoms with Gasteiger partial charge in [0.2, 0.25) is 0 Å². The lowest BCUT2D eigenvalue weighted by atomic mass is 10.1. The predicted octanol–water partition coefficient (Wildman–Crippen LogP) is 1.80. The zero-order valence-corrected chi connectivity index (χ0v) is 11.8. The van der Waals surface area contributed by atoms with Crippen LogP contribution in [0, 0.1) is 0 Å². The highest BCUT2D eigenvalue weighted by Crippen LogP contribution is 2.22. The molecule has 0 aliphatic rings. The molecule has 1 aromatic heterocycles. The fourth-order valence-corrected chi connectivity index (χ4v) is 2.30. The molecular formula is C12H22ClN3O. The molecule has 98 valence electrons. The Kier molecular flexibility index (Phi) is 5.95. The van der Waals surface area contributed by atoms with Crippen molar-refractivity contribution in [2.24, 2.45) is 7.05 Å². The standard InChI is InChI=1S/C12H22ClN3O/c1-5-10-12(13)11(16(3)15-10)7-6-9(14-2)8-17-4/h9,14H,5-8H2,1-4H3. The van der Waals surface area contributed by atoms with E-state index in [1.807, 2.05) is 18.8 Å². The van der Waals surface area contributed by atoms with Crippen LogP contribution < -0.4 is 5.32 Å². The summed E-state index contributed by atoms with van der Waals surface area (Å²) in [6.45, 7) is 2.78. The number of hydrogen-bond donors (Lipinski definition) is 1. The fourth-order valence-electron chi connectivity index (χ4n) is 1.91. The van der Waals surface area contributed by atoms with E-state index in [-0.39, 0.29) is 0 Å². The van der Waals surface area contributed by atoms with Crippen molar-refractivity contribution < 1.29 is 4.74 Å². The molecule has 0 saturated carbocycles. The molecule has 0 radical (unpaired) electrons. The third-order valence-corrected chi connectivity index (χ3v) is 3.44. The molecule has 0 bridgehead atoms. The second kappa shape index (κ2) is 6.99. The minimum Gasteiger partial charge on any atom is -0.383 e. The van der Waals surface area contributed by atoms with Crippen LogP contribution in [0.1, 0.15) is 24.7 Å². The molecular weight excluding hydrogens is 238 g/mol. The molecule has 0 aromatic carbocycles. The molecule has 1 unspecified atom stereocenters. The number of hydrogen-bond acceptors (Lipinski definition) is 3. The summed E-state index contributed by atoms with van der Waals surface area (Å²) in [5.74, 6) is 0. The van der Waals surface area contributed by atoms with Crippen molar-refractivity contribution in [2.45, 2.75) is 32.2 Å². The minimum atomic E-state index is 0.357. The van der Waals surface area contributed by atoms with Gasteiger partial charge in [0.1, 0.15) is 0 Å². The number of methoxy groups -OCH3 is 1. The van der Waals surface area contributed by atoms with Crippen molar-refractivity contribution in [3.63, 3.8) is 0 Å². The van der Waals surface area contributed by atoms with Crippen molar-refractivity contribution >= 4 is 11.6 Å². The largest absolute Gasteiger partial charge is 0.383 e. The molecule has 1 rings (SSSR count). The van der Waals surface area contributed by atoms with Gasteiger partial charge in [-0.1, -0.05) is 18.5 Å². The Morgan fingerprint density at radius 1 is 1.53 bits per heavy atom. The smallest absolute Gasteiger partial charge is 0.0849 e. The van der Waals surface area contributed by atoms with E-state index in [9.17, 15) is 0 Å². The Bertz CT molecular complexity index is 352. The Balaban J connectivity index is 2.65.